The van der Waals surface area contributed by atoms with Crippen LogP contribution in [0.1, 0.15) is 10.4 Å². The number of ether oxygens (including phenoxy) is 4. The quantitative estimate of drug-likeness (QED) is 0.777. The van der Waals surface area contributed by atoms with Crippen molar-refractivity contribution < 1.29 is 28.5 Å². The fraction of sp³-hybridized carbons (Fsp3) is 0.222. The Hall–Kier alpha value is -3.22. The van der Waals surface area contributed by atoms with Crippen LogP contribution in [0.25, 0.3) is 0 Å². The summed E-state index contributed by atoms with van der Waals surface area (Å²) in [6, 6.07) is 11.5. The van der Waals surface area contributed by atoms with E-state index < -0.39 is 5.97 Å². The van der Waals surface area contributed by atoms with E-state index in [-0.39, 0.29) is 12.5 Å². The van der Waals surface area contributed by atoms with Crippen molar-refractivity contribution in [3.63, 3.8) is 0 Å². The molecule has 1 N–H and O–H groups in total. The number of benzene rings is 2. The molecule has 0 spiro atoms. The van der Waals surface area contributed by atoms with E-state index in [4.69, 9.17) is 14.2 Å². The first kappa shape index (κ1) is 18.1. The van der Waals surface area contributed by atoms with Crippen LogP contribution >= 0.6 is 0 Å². The van der Waals surface area contributed by atoms with Gasteiger partial charge >= 0.3 is 5.97 Å². The second-order valence-corrected chi connectivity index (χ2v) is 4.92. The molecular weight excluding hydrogens is 326 g/mol. The van der Waals surface area contributed by atoms with E-state index >= 15 is 0 Å². The van der Waals surface area contributed by atoms with Gasteiger partial charge in [-0.15, -0.1) is 0 Å². The zero-order valence-electron chi connectivity index (χ0n) is 14.2. The van der Waals surface area contributed by atoms with Crippen LogP contribution in [0.4, 0.5) is 5.69 Å². The number of carbonyl (C=O) groups is 2. The Morgan fingerprint density at radius 2 is 1.76 bits per heavy atom. The third kappa shape index (κ3) is 4.87. The van der Waals surface area contributed by atoms with Crippen LogP contribution in [0.2, 0.25) is 0 Å². The number of hydrogen-bond donors (Lipinski definition) is 1. The maximum Gasteiger partial charge on any atom is 0.337 e. The van der Waals surface area contributed by atoms with Gasteiger partial charge in [0.05, 0.1) is 32.6 Å². The monoisotopic (exact) mass is 345 g/mol. The Kier molecular flexibility index (Phi) is 6.22. The van der Waals surface area contributed by atoms with Crippen molar-refractivity contribution >= 4 is 17.6 Å². The van der Waals surface area contributed by atoms with E-state index in [1.165, 1.54) is 27.4 Å². The molecule has 7 nitrogen and oxygen atoms in total. The molecule has 7 heteroatoms. The Balaban J connectivity index is 2.00. The highest BCUT2D eigenvalue weighted by atomic mass is 16.5. The molecule has 0 aliphatic heterocycles. The van der Waals surface area contributed by atoms with Gasteiger partial charge in [0.2, 0.25) is 0 Å². The molecule has 0 aromatic heterocycles. The number of hydrogen-bond acceptors (Lipinski definition) is 6. The van der Waals surface area contributed by atoms with Crippen molar-refractivity contribution in [2.24, 2.45) is 0 Å². The van der Waals surface area contributed by atoms with E-state index in [1.54, 1.807) is 36.4 Å². The molecule has 0 saturated carbocycles. The predicted molar refractivity (Wildman–Crippen MR) is 91.5 cm³/mol. The van der Waals surface area contributed by atoms with Gasteiger partial charge in [-0.2, -0.15) is 0 Å². The first-order valence-corrected chi connectivity index (χ1v) is 7.40. The third-order valence-corrected chi connectivity index (χ3v) is 3.31. The largest absolute Gasteiger partial charge is 0.497 e. The van der Waals surface area contributed by atoms with Crippen LogP contribution in [-0.2, 0) is 9.53 Å². The third-order valence-electron chi connectivity index (χ3n) is 3.31. The number of anilines is 1. The lowest BCUT2D eigenvalue weighted by molar-refractivity contribution is -0.118. The zero-order valence-corrected chi connectivity index (χ0v) is 14.2. The molecule has 0 fully saturated rings. The lowest BCUT2D eigenvalue weighted by Gasteiger charge is -2.12. The predicted octanol–water partition coefficient (Wildman–Crippen LogP) is 2.51. The van der Waals surface area contributed by atoms with Gasteiger partial charge in [0.25, 0.3) is 5.91 Å². The summed E-state index contributed by atoms with van der Waals surface area (Å²) in [5.74, 6) is 0.617. The molecule has 0 bridgehead atoms. The normalized spacial score (nSPS) is 9.88. The van der Waals surface area contributed by atoms with Crippen LogP contribution in [0, 0.1) is 0 Å². The van der Waals surface area contributed by atoms with Crippen molar-refractivity contribution in [3.05, 3.63) is 48.0 Å². The maximum absolute atomic E-state index is 12.1. The minimum Gasteiger partial charge on any atom is -0.497 e. The summed E-state index contributed by atoms with van der Waals surface area (Å²) in [4.78, 5) is 23.6. The summed E-state index contributed by atoms with van der Waals surface area (Å²) in [7, 11) is 4.34. The molecule has 2 aromatic rings. The van der Waals surface area contributed by atoms with Gasteiger partial charge in [-0.25, -0.2) is 4.79 Å². The smallest absolute Gasteiger partial charge is 0.337 e. The molecule has 2 rings (SSSR count). The highest BCUT2D eigenvalue weighted by molar-refractivity contribution is 5.93. The standard InChI is InChI=1S/C18H19NO6/c1-22-13-7-8-16(23-2)15(10-13)19-17(20)11-25-14-6-4-5-12(9-14)18(21)24-3/h4-10H,11H2,1-3H3,(H,19,20). The fourth-order valence-corrected chi connectivity index (χ4v) is 2.08. The average molecular weight is 345 g/mol. The summed E-state index contributed by atoms with van der Waals surface area (Å²) in [5, 5.41) is 2.69. The highest BCUT2D eigenvalue weighted by Crippen LogP contribution is 2.28. The van der Waals surface area contributed by atoms with Crippen molar-refractivity contribution in [1.82, 2.24) is 0 Å². The van der Waals surface area contributed by atoms with Gasteiger partial charge in [-0.05, 0) is 30.3 Å². The summed E-state index contributed by atoms with van der Waals surface area (Å²) < 4.78 is 20.4. The minimum atomic E-state index is -0.476. The van der Waals surface area contributed by atoms with E-state index in [9.17, 15) is 9.59 Å². The van der Waals surface area contributed by atoms with Crippen molar-refractivity contribution in [2.75, 3.05) is 33.3 Å². The molecule has 0 aliphatic rings. The molecule has 0 radical (unpaired) electrons. The van der Waals surface area contributed by atoms with Crippen LogP contribution in [0.15, 0.2) is 42.5 Å². The molecule has 0 atom stereocenters. The van der Waals surface area contributed by atoms with Crippen molar-refractivity contribution in [2.45, 2.75) is 0 Å². The summed E-state index contributed by atoms with van der Waals surface area (Å²) in [5.41, 5.74) is 0.814. The van der Waals surface area contributed by atoms with Crippen molar-refractivity contribution in [1.29, 1.82) is 0 Å². The summed E-state index contributed by atoms with van der Waals surface area (Å²) >= 11 is 0. The summed E-state index contributed by atoms with van der Waals surface area (Å²) in [6.45, 7) is -0.231. The lowest BCUT2D eigenvalue weighted by Crippen LogP contribution is -2.20. The van der Waals surface area contributed by atoms with Crippen LogP contribution in [0.3, 0.4) is 0 Å². The SMILES string of the molecule is COC(=O)c1cccc(OCC(=O)Nc2cc(OC)ccc2OC)c1. The van der Waals surface area contributed by atoms with Gasteiger partial charge in [0.15, 0.2) is 6.61 Å². The Bertz CT molecular complexity index is 759. The van der Waals surface area contributed by atoms with Crippen LogP contribution in [-0.4, -0.2) is 39.8 Å². The number of rotatable bonds is 7. The topological polar surface area (TPSA) is 83.1 Å². The van der Waals surface area contributed by atoms with Gasteiger partial charge < -0.3 is 24.3 Å². The number of carbonyl (C=O) groups excluding carboxylic acids is 2. The number of nitrogens with one attached hydrogen (secondary N) is 1. The lowest BCUT2D eigenvalue weighted by atomic mass is 10.2. The molecule has 0 unspecified atom stereocenters. The van der Waals surface area contributed by atoms with E-state index in [0.29, 0.717) is 28.5 Å². The molecule has 1 amide bonds. The molecule has 132 valence electrons. The first-order valence-electron chi connectivity index (χ1n) is 7.40. The molecule has 2 aromatic carbocycles. The first-order chi connectivity index (χ1) is 12.1. The highest BCUT2D eigenvalue weighted by Gasteiger charge is 2.11. The van der Waals surface area contributed by atoms with E-state index in [0.717, 1.165) is 0 Å². The molecular formula is C18H19NO6. The van der Waals surface area contributed by atoms with E-state index in [1.807, 2.05) is 0 Å². The van der Waals surface area contributed by atoms with E-state index in [2.05, 4.69) is 10.1 Å². The number of esters is 1. The van der Waals surface area contributed by atoms with Gasteiger partial charge in [-0.1, -0.05) is 6.07 Å². The van der Waals surface area contributed by atoms with Crippen molar-refractivity contribution in [3.8, 4) is 17.2 Å². The number of methoxy groups -OCH3 is 3. The number of amides is 1. The van der Waals surface area contributed by atoms with Gasteiger partial charge in [0.1, 0.15) is 17.2 Å². The Morgan fingerprint density at radius 3 is 2.44 bits per heavy atom. The Morgan fingerprint density at radius 1 is 0.960 bits per heavy atom. The molecule has 0 heterocycles. The van der Waals surface area contributed by atoms with Crippen LogP contribution < -0.4 is 19.5 Å². The summed E-state index contributed by atoms with van der Waals surface area (Å²) in [6.07, 6.45) is 0. The molecule has 25 heavy (non-hydrogen) atoms. The second-order valence-electron chi connectivity index (χ2n) is 4.92. The second kappa shape index (κ2) is 8.58. The van der Waals surface area contributed by atoms with Crippen LogP contribution in [0.5, 0.6) is 17.2 Å². The van der Waals surface area contributed by atoms with Gasteiger partial charge in [-0.3, -0.25) is 4.79 Å². The zero-order chi connectivity index (χ0) is 18.2. The maximum atomic E-state index is 12.1. The molecule has 0 saturated heterocycles. The minimum absolute atomic E-state index is 0.231. The average Bonchev–Trinajstić information content (AvgIpc) is 2.65. The van der Waals surface area contributed by atoms with Gasteiger partial charge in [0, 0.05) is 6.07 Å². The Labute approximate surface area is 145 Å². The fourth-order valence-electron chi connectivity index (χ4n) is 2.08. The molecule has 0 aliphatic carbocycles.